The number of rotatable bonds is 4. The first-order chi connectivity index (χ1) is 6.84. The molecule has 0 N–H and O–H groups in total. The number of benzene rings is 1. The fourth-order valence-electron chi connectivity index (χ4n) is 0.912. The maximum absolute atomic E-state index is 11.3. The van der Waals surface area contributed by atoms with Gasteiger partial charge in [-0.2, -0.15) is 0 Å². The van der Waals surface area contributed by atoms with E-state index in [1.807, 2.05) is 24.3 Å². The summed E-state index contributed by atoms with van der Waals surface area (Å²) in [5.41, 5.74) is 0.583. The number of hydrogen-bond acceptors (Lipinski definition) is 2. The van der Waals surface area contributed by atoms with Crippen LogP contribution in [0.5, 0.6) is 0 Å². The van der Waals surface area contributed by atoms with E-state index in [9.17, 15) is 4.79 Å². The van der Waals surface area contributed by atoms with E-state index in [0.29, 0.717) is 12.2 Å². The Hall–Kier alpha value is -1.09. The zero-order valence-corrected chi connectivity index (χ0v) is 9.24. The van der Waals surface area contributed by atoms with Crippen LogP contribution in [0.2, 0.25) is 0 Å². The lowest BCUT2D eigenvalue weighted by Crippen LogP contribution is -2.04. The van der Waals surface area contributed by atoms with Gasteiger partial charge in [0.15, 0.2) is 0 Å². The Bertz CT molecular complexity index is 306. The Morgan fingerprint density at radius 1 is 1.29 bits per heavy atom. The Morgan fingerprint density at radius 2 is 2.00 bits per heavy atom. The van der Waals surface area contributed by atoms with Crippen molar-refractivity contribution in [3.05, 3.63) is 48.0 Å². The average molecular weight is 255 g/mol. The molecule has 0 aliphatic heterocycles. The standard InChI is InChI=1S/C11H11BrO2/c12-8-4-5-9-14-11(13)10-6-2-1-3-7-10/h1-7H,8-9H2/b5-4-. The van der Waals surface area contributed by atoms with Crippen LogP contribution in [-0.2, 0) is 4.74 Å². The van der Waals surface area contributed by atoms with Gasteiger partial charge >= 0.3 is 5.97 Å². The largest absolute Gasteiger partial charge is 0.458 e. The molecule has 0 aromatic heterocycles. The highest BCUT2D eigenvalue weighted by Crippen LogP contribution is 2.00. The molecule has 1 aromatic rings. The van der Waals surface area contributed by atoms with Gasteiger partial charge in [-0.3, -0.25) is 0 Å². The van der Waals surface area contributed by atoms with E-state index in [1.54, 1.807) is 18.2 Å². The number of esters is 1. The lowest BCUT2D eigenvalue weighted by Gasteiger charge is -2.00. The molecule has 0 atom stereocenters. The van der Waals surface area contributed by atoms with Crippen molar-refractivity contribution in [3.63, 3.8) is 0 Å². The molecule has 2 nitrogen and oxygen atoms in total. The highest BCUT2D eigenvalue weighted by molar-refractivity contribution is 9.09. The van der Waals surface area contributed by atoms with Crippen molar-refractivity contribution >= 4 is 21.9 Å². The molecule has 0 spiro atoms. The van der Waals surface area contributed by atoms with Gasteiger partial charge in [-0.05, 0) is 12.1 Å². The summed E-state index contributed by atoms with van der Waals surface area (Å²) in [5.74, 6) is -0.287. The van der Waals surface area contributed by atoms with Crippen molar-refractivity contribution < 1.29 is 9.53 Å². The van der Waals surface area contributed by atoms with E-state index in [0.717, 1.165) is 5.33 Å². The summed E-state index contributed by atoms with van der Waals surface area (Å²) in [6.45, 7) is 0.319. The van der Waals surface area contributed by atoms with E-state index in [-0.39, 0.29) is 5.97 Å². The molecular weight excluding hydrogens is 244 g/mol. The fraction of sp³-hybridized carbons (Fsp3) is 0.182. The first kappa shape index (κ1) is 11.0. The summed E-state index contributed by atoms with van der Waals surface area (Å²) >= 11 is 3.23. The molecule has 0 fully saturated rings. The zero-order valence-electron chi connectivity index (χ0n) is 7.65. The predicted octanol–water partition coefficient (Wildman–Crippen LogP) is 2.79. The highest BCUT2D eigenvalue weighted by Gasteiger charge is 2.03. The summed E-state index contributed by atoms with van der Waals surface area (Å²) in [5, 5.41) is 0.774. The predicted molar refractivity (Wildman–Crippen MR) is 59.7 cm³/mol. The molecule has 0 unspecified atom stereocenters. The van der Waals surface area contributed by atoms with Crippen LogP contribution in [0.15, 0.2) is 42.5 Å². The number of alkyl halides is 1. The summed E-state index contributed by atoms with van der Waals surface area (Å²) < 4.78 is 4.98. The van der Waals surface area contributed by atoms with Gasteiger partial charge in [0, 0.05) is 5.33 Å². The van der Waals surface area contributed by atoms with Gasteiger partial charge in [-0.25, -0.2) is 4.79 Å². The molecule has 14 heavy (non-hydrogen) atoms. The third-order valence-corrected chi connectivity index (χ3v) is 1.95. The molecule has 1 aromatic carbocycles. The maximum atomic E-state index is 11.3. The number of allylic oxidation sites excluding steroid dienone is 1. The van der Waals surface area contributed by atoms with Crippen LogP contribution in [0.4, 0.5) is 0 Å². The second-order valence-electron chi connectivity index (χ2n) is 2.59. The molecule has 0 aliphatic rings. The smallest absolute Gasteiger partial charge is 0.338 e. The number of carbonyl (C=O) groups is 1. The lowest BCUT2D eigenvalue weighted by molar-refractivity contribution is 0.0549. The molecule has 0 bridgehead atoms. The summed E-state index contributed by atoms with van der Waals surface area (Å²) in [7, 11) is 0. The van der Waals surface area contributed by atoms with Crippen molar-refractivity contribution in [2.75, 3.05) is 11.9 Å². The Morgan fingerprint density at radius 3 is 2.64 bits per heavy atom. The van der Waals surface area contributed by atoms with Crippen LogP contribution in [0, 0.1) is 0 Å². The lowest BCUT2D eigenvalue weighted by atomic mass is 10.2. The minimum Gasteiger partial charge on any atom is -0.458 e. The van der Waals surface area contributed by atoms with Crippen molar-refractivity contribution in [3.8, 4) is 0 Å². The topological polar surface area (TPSA) is 26.3 Å². The van der Waals surface area contributed by atoms with Crippen LogP contribution in [-0.4, -0.2) is 17.9 Å². The fourth-order valence-corrected chi connectivity index (χ4v) is 1.18. The van der Waals surface area contributed by atoms with E-state index >= 15 is 0 Å². The highest BCUT2D eigenvalue weighted by atomic mass is 79.9. The van der Waals surface area contributed by atoms with Crippen molar-refractivity contribution in [2.45, 2.75) is 0 Å². The van der Waals surface area contributed by atoms with Gasteiger partial charge < -0.3 is 4.74 Å². The van der Waals surface area contributed by atoms with Gasteiger partial charge in [0.25, 0.3) is 0 Å². The molecule has 3 heteroatoms. The van der Waals surface area contributed by atoms with Crippen molar-refractivity contribution in [1.29, 1.82) is 0 Å². The molecule has 1 rings (SSSR count). The molecule has 0 saturated heterocycles. The van der Waals surface area contributed by atoms with E-state index in [4.69, 9.17) is 4.74 Å². The third-order valence-electron chi connectivity index (χ3n) is 1.58. The van der Waals surface area contributed by atoms with Crippen molar-refractivity contribution in [1.82, 2.24) is 0 Å². The van der Waals surface area contributed by atoms with Gasteiger partial charge in [-0.1, -0.05) is 46.3 Å². The normalized spacial score (nSPS) is 10.4. The summed E-state index contributed by atoms with van der Waals surface area (Å²) in [6.07, 6.45) is 3.69. The molecule has 0 heterocycles. The average Bonchev–Trinajstić information content (AvgIpc) is 2.25. The quantitative estimate of drug-likeness (QED) is 0.469. The Labute approximate surface area is 91.7 Å². The molecule has 0 radical (unpaired) electrons. The minimum absolute atomic E-state index is 0.287. The van der Waals surface area contributed by atoms with E-state index in [2.05, 4.69) is 15.9 Å². The molecule has 0 aliphatic carbocycles. The maximum Gasteiger partial charge on any atom is 0.338 e. The minimum atomic E-state index is -0.287. The summed E-state index contributed by atoms with van der Waals surface area (Å²) in [4.78, 5) is 11.3. The van der Waals surface area contributed by atoms with Crippen LogP contribution >= 0.6 is 15.9 Å². The van der Waals surface area contributed by atoms with Crippen LogP contribution in [0.1, 0.15) is 10.4 Å². The van der Waals surface area contributed by atoms with Crippen LogP contribution in [0.25, 0.3) is 0 Å². The first-order valence-corrected chi connectivity index (χ1v) is 5.40. The second kappa shape index (κ2) is 6.38. The monoisotopic (exact) mass is 254 g/mol. The zero-order chi connectivity index (χ0) is 10.2. The molecule has 74 valence electrons. The summed E-state index contributed by atoms with van der Waals surface area (Å²) in [6, 6.07) is 8.95. The molecule has 0 saturated carbocycles. The Kier molecular flexibility index (Phi) is 5.00. The number of halogens is 1. The number of ether oxygens (including phenoxy) is 1. The van der Waals surface area contributed by atoms with Gasteiger partial charge in [0.1, 0.15) is 6.61 Å². The third kappa shape index (κ3) is 3.75. The van der Waals surface area contributed by atoms with E-state index in [1.165, 1.54) is 0 Å². The molecular formula is C11H11BrO2. The van der Waals surface area contributed by atoms with E-state index < -0.39 is 0 Å². The molecule has 0 amide bonds. The van der Waals surface area contributed by atoms with Gasteiger partial charge in [0.05, 0.1) is 5.56 Å². The van der Waals surface area contributed by atoms with Crippen molar-refractivity contribution in [2.24, 2.45) is 0 Å². The van der Waals surface area contributed by atoms with Gasteiger partial charge in [-0.15, -0.1) is 0 Å². The number of carbonyl (C=O) groups excluding carboxylic acids is 1. The van der Waals surface area contributed by atoms with Crippen LogP contribution in [0.3, 0.4) is 0 Å². The number of hydrogen-bond donors (Lipinski definition) is 0. The first-order valence-electron chi connectivity index (χ1n) is 4.27. The second-order valence-corrected chi connectivity index (χ2v) is 3.24. The Balaban J connectivity index is 2.40. The van der Waals surface area contributed by atoms with Crippen LogP contribution < -0.4 is 0 Å². The van der Waals surface area contributed by atoms with Gasteiger partial charge in [0.2, 0.25) is 0 Å². The SMILES string of the molecule is O=C(OC/C=C\CBr)c1ccccc1.